The van der Waals surface area contributed by atoms with Crippen LogP contribution in [0.25, 0.3) is 0 Å². The summed E-state index contributed by atoms with van der Waals surface area (Å²) in [6, 6.07) is 22.0. The Hall–Kier alpha value is -1.64. The van der Waals surface area contributed by atoms with Gasteiger partial charge in [-0.2, -0.15) is 0 Å². The van der Waals surface area contributed by atoms with E-state index >= 15 is 0 Å². The van der Waals surface area contributed by atoms with Crippen LogP contribution in [0.1, 0.15) is 105 Å². The molecule has 0 radical (unpaired) electrons. The number of hydrogen-bond donors (Lipinski definition) is 0. The van der Waals surface area contributed by atoms with Gasteiger partial charge in [0.25, 0.3) is 8.32 Å². The minimum atomic E-state index is -2.37. The molecule has 2 rings (SSSR count). The third-order valence-electron chi connectivity index (χ3n) is 6.89. The van der Waals surface area contributed by atoms with Crippen LogP contribution in [0.3, 0.4) is 0 Å². The molecule has 0 N–H and O–H groups in total. The molecule has 0 amide bonds. The monoisotopic (exact) mass is 478 g/mol. The highest BCUT2D eigenvalue weighted by molar-refractivity contribution is 6.99. The summed E-state index contributed by atoms with van der Waals surface area (Å²) >= 11 is 0. The second kappa shape index (κ2) is 16.1. The number of hydrogen-bond acceptors (Lipinski definition) is 1. The zero-order valence-corrected chi connectivity index (χ0v) is 23.5. The van der Waals surface area contributed by atoms with Crippen molar-refractivity contribution in [2.75, 3.05) is 6.61 Å². The van der Waals surface area contributed by atoms with Crippen molar-refractivity contribution in [3.05, 3.63) is 72.8 Å². The quantitative estimate of drug-likeness (QED) is 0.125. The zero-order chi connectivity index (χ0) is 24.5. The van der Waals surface area contributed by atoms with E-state index < -0.39 is 8.32 Å². The molecule has 0 unspecified atom stereocenters. The maximum atomic E-state index is 6.99. The van der Waals surface area contributed by atoms with Crippen LogP contribution >= 0.6 is 0 Å². The van der Waals surface area contributed by atoms with Crippen molar-refractivity contribution in [3.8, 4) is 0 Å². The summed E-state index contributed by atoms with van der Waals surface area (Å²) in [7, 11) is -2.37. The molecule has 0 aliphatic rings. The average molecular weight is 479 g/mol. The topological polar surface area (TPSA) is 9.23 Å². The van der Waals surface area contributed by atoms with Gasteiger partial charge in [-0.05, 0) is 47.5 Å². The largest absolute Gasteiger partial charge is 0.407 e. The second-order valence-electron chi connectivity index (χ2n) is 10.7. The Balaban J connectivity index is 1.78. The van der Waals surface area contributed by atoms with Gasteiger partial charge in [-0.3, -0.25) is 0 Å². The van der Waals surface area contributed by atoms with Crippen molar-refractivity contribution in [2.24, 2.45) is 0 Å². The predicted molar refractivity (Wildman–Crippen MR) is 154 cm³/mol. The lowest BCUT2D eigenvalue weighted by molar-refractivity contribution is 0.289. The van der Waals surface area contributed by atoms with Crippen molar-refractivity contribution in [1.82, 2.24) is 0 Å². The van der Waals surface area contributed by atoms with Crippen LogP contribution in [0.2, 0.25) is 5.04 Å². The Morgan fingerprint density at radius 2 is 1.06 bits per heavy atom. The van der Waals surface area contributed by atoms with Crippen LogP contribution in [0.15, 0.2) is 72.8 Å². The van der Waals surface area contributed by atoms with E-state index in [2.05, 4.69) is 101 Å². The van der Waals surface area contributed by atoms with E-state index in [1.54, 1.807) is 0 Å². The normalized spacial score (nSPS) is 12.5. The molecule has 0 fully saturated rings. The molecule has 0 aliphatic heterocycles. The van der Waals surface area contributed by atoms with Gasteiger partial charge in [-0.15, -0.1) is 0 Å². The van der Waals surface area contributed by atoms with Gasteiger partial charge in [0.15, 0.2) is 0 Å². The van der Waals surface area contributed by atoms with Crippen LogP contribution < -0.4 is 10.4 Å². The fourth-order valence-electron chi connectivity index (χ4n) is 4.98. The van der Waals surface area contributed by atoms with Crippen molar-refractivity contribution in [1.29, 1.82) is 0 Å². The first-order valence-electron chi connectivity index (χ1n) is 13.9. The predicted octanol–water partition coefficient (Wildman–Crippen LogP) is 8.82. The van der Waals surface area contributed by atoms with Gasteiger partial charge in [0.05, 0.1) is 0 Å². The summed E-state index contributed by atoms with van der Waals surface area (Å²) < 4.78 is 6.99. The molecule has 0 heterocycles. The molecule has 0 saturated carbocycles. The Morgan fingerprint density at radius 1 is 0.618 bits per heavy atom. The third kappa shape index (κ3) is 9.19. The molecule has 2 aromatic rings. The van der Waals surface area contributed by atoms with Crippen LogP contribution in [0.4, 0.5) is 0 Å². The molecular weight excluding hydrogens is 428 g/mol. The summed E-state index contributed by atoms with van der Waals surface area (Å²) in [4.78, 5) is 0. The molecule has 0 saturated heterocycles. The van der Waals surface area contributed by atoms with Crippen molar-refractivity contribution in [2.45, 2.75) is 110 Å². The van der Waals surface area contributed by atoms with Gasteiger partial charge in [0.1, 0.15) is 0 Å². The smallest absolute Gasteiger partial charge is 0.261 e. The number of rotatable bonds is 17. The second-order valence-corrected chi connectivity index (χ2v) is 15.0. The standard InChI is InChI=1S/C32H50OSi/c1-5-6-7-8-9-10-11-12-13-14-15-16-17-24-29-33-34(32(2,3)4,30-25-20-18-21-26-30)31-27-22-19-23-28-31/h14-15,18-23,25-28H,5-13,16-17,24,29H2,1-4H3/b15-14+. The van der Waals surface area contributed by atoms with Crippen LogP contribution in [-0.4, -0.2) is 14.9 Å². The van der Waals surface area contributed by atoms with E-state index in [4.69, 9.17) is 4.43 Å². The van der Waals surface area contributed by atoms with Gasteiger partial charge < -0.3 is 4.43 Å². The molecule has 0 atom stereocenters. The lowest BCUT2D eigenvalue weighted by Crippen LogP contribution is -2.66. The Morgan fingerprint density at radius 3 is 1.53 bits per heavy atom. The minimum Gasteiger partial charge on any atom is -0.407 e. The van der Waals surface area contributed by atoms with Crippen molar-refractivity contribution in [3.63, 3.8) is 0 Å². The fraction of sp³-hybridized carbons (Fsp3) is 0.562. The highest BCUT2D eigenvalue weighted by Gasteiger charge is 2.49. The van der Waals surface area contributed by atoms with Gasteiger partial charge >= 0.3 is 0 Å². The highest BCUT2D eigenvalue weighted by Crippen LogP contribution is 2.36. The van der Waals surface area contributed by atoms with Gasteiger partial charge in [-0.25, -0.2) is 0 Å². The molecule has 0 spiro atoms. The molecule has 2 aromatic carbocycles. The van der Waals surface area contributed by atoms with E-state index in [0.717, 1.165) is 13.0 Å². The SMILES string of the molecule is CCCCCCCCCC/C=C/CCCCO[Si](c1ccccc1)(c1ccccc1)C(C)(C)C. The minimum absolute atomic E-state index is 0.0611. The molecule has 2 heteroatoms. The first kappa shape index (κ1) is 28.6. The van der Waals surface area contributed by atoms with Crippen molar-refractivity contribution < 1.29 is 4.43 Å². The van der Waals surface area contributed by atoms with E-state index in [1.807, 2.05) is 0 Å². The summed E-state index contributed by atoms with van der Waals surface area (Å²) in [6.45, 7) is 10.2. The first-order chi connectivity index (χ1) is 16.5. The fourth-order valence-corrected chi connectivity index (χ4v) is 9.59. The maximum absolute atomic E-state index is 6.99. The number of allylic oxidation sites excluding steroid dienone is 2. The lowest BCUT2D eigenvalue weighted by atomic mass is 10.1. The zero-order valence-electron chi connectivity index (χ0n) is 22.5. The molecular formula is C32H50OSi. The highest BCUT2D eigenvalue weighted by atomic mass is 28.4. The van der Waals surface area contributed by atoms with E-state index in [1.165, 1.54) is 81.0 Å². The van der Waals surface area contributed by atoms with E-state index in [9.17, 15) is 0 Å². The summed E-state index contributed by atoms with van der Waals surface area (Å²) in [6.07, 6.45) is 20.7. The van der Waals surface area contributed by atoms with E-state index in [0.29, 0.717) is 0 Å². The molecule has 0 bridgehead atoms. The first-order valence-corrected chi connectivity index (χ1v) is 15.8. The molecule has 0 aliphatic carbocycles. The van der Waals surface area contributed by atoms with Crippen LogP contribution in [0, 0.1) is 0 Å². The maximum Gasteiger partial charge on any atom is 0.261 e. The molecule has 34 heavy (non-hydrogen) atoms. The summed E-state index contributed by atoms with van der Waals surface area (Å²) in [5.41, 5.74) is 0. The molecule has 188 valence electrons. The van der Waals surface area contributed by atoms with Crippen LogP contribution in [0.5, 0.6) is 0 Å². The number of unbranched alkanes of at least 4 members (excludes halogenated alkanes) is 10. The van der Waals surface area contributed by atoms with Gasteiger partial charge in [-0.1, -0.05) is 145 Å². The number of benzene rings is 2. The van der Waals surface area contributed by atoms with E-state index in [-0.39, 0.29) is 5.04 Å². The van der Waals surface area contributed by atoms with Gasteiger partial charge in [0.2, 0.25) is 0 Å². The molecule has 0 aromatic heterocycles. The Kier molecular flexibility index (Phi) is 13.5. The third-order valence-corrected chi connectivity index (χ3v) is 11.9. The summed E-state index contributed by atoms with van der Waals surface area (Å²) in [5, 5.41) is 2.81. The average Bonchev–Trinajstić information content (AvgIpc) is 2.84. The Labute approximate surface area is 212 Å². The lowest BCUT2D eigenvalue weighted by Gasteiger charge is -2.43. The van der Waals surface area contributed by atoms with Crippen molar-refractivity contribution >= 4 is 18.7 Å². The van der Waals surface area contributed by atoms with Gasteiger partial charge in [0, 0.05) is 6.61 Å². The van der Waals surface area contributed by atoms with Crippen LogP contribution in [-0.2, 0) is 4.43 Å². The Bertz CT molecular complexity index is 736. The molecule has 1 nitrogen and oxygen atoms in total. The summed E-state index contributed by atoms with van der Waals surface area (Å²) in [5.74, 6) is 0.